The zero-order chi connectivity index (χ0) is 99.2. The highest BCUT2D eigenvalue weighted by Gasteiger charge is 2.40. The first-order valence-electron chi connectivity index (χ1n) is 34.2. The first kappa shape index (κ1) is 108. The molecule has 47 heteroatoms. The van der Waals surface area contributed by atoms with Gasteiger partial charge in [-0.15, -0.1) is 0 Å². The Morgan fingerprint density at radius 2 is 0.211 bits per heavy atom. The monoisotopic (exact) mass is 1890 g/mol. The summed E-state index contributed by atoms with van der Waals surface area (Å²) in [7, 11) is 10.4. The molecule has 11 aromatic carbocycles. The normalized spacial score (nSPS) is 10.7. The quantitative estimate of drug-likeness (QED) is 0.0639. The van der Waals surface area contributed by atoms with Crippen molar-refractivity contribution in [1.82, 2.24) is 0 Å². The van der Waals surface area contributed by atoms with Gasteiger partial charge in [0.2, 0.25) is 46.5 Å². The molecule has 0 spiro atoms. The van der Waals surface area contributed by atoms with Gasteiger partial charge in [0.15, 0.2) is 186 Å². The Morgan fingerprint density at radius 3 is 0.273 bits per heavy atom. The molecule has 128 heavy (non-hydrogen) atoms. The summed E-state index contributed by atoms with van der Waals surface area (Å²) >= 11 is 0. The molecule has 0 aliphatic rings. The Bertz CT molecular complexity index is 4860. The Kier molecular flexibility index (Phi) is 36.5. The third kappa shape index (κ3) is 22.2. The maximum Gasteiger partial charge on any atom is 0.631 e. The molecular weight excluding hydrogens is 1830 g/mol. The second-order valence-electron chi connectivity index (χ2n) is 26.8. The third-order valence-electron chi connectivity index (χ3n) is 16.9. The van der Waals surface area contributed by atoms with Crippen LogP contribution in [0.3, 0.4) is 0 Å². The lowest BCUT2D eigenvalue weighted by Gasteiger charge is -2.19. The van der Waals surface area contributed by atoms with Gasteiger partial charge in [-0.25, -0.2) is 176 Å². The van der Waals surface area contributed by atoms with Gasteiger partial charge in [0.05, 0.1) is 44.5 Å². The van der Waals surface area contributed by atoms with Gasteiger partial charge in [-0.05, 0) is 95.7 Å². The third-order valence-corrected chi connectivity index (χ3v) is 16.9. The minimum absolute atomic E-state index is 1.34. The highest BCUT2D eigenvalue weighted by Crippen LogP contribution is 2.43. The molecule has 3 N–H and O–H groups in total. The van der Waals surface area contributed by atoms with E-state index in [4.69, 9.17) is 15.1 Å². The summed E-state index contributed by atoms with van der Waals surface area (Å²) in [5.41, 5.74) is -1.85. The van der Waals surface area contributed by atoms with Crippen LogP contribution in [-0.2, 0) is 0 Å². The van der Waals surface area contributed by atoms with Crippen molar-refractivity contribution in [2.45, 2.75) is 62.3 Å². The van der Waals surface area contributed by atoms with Gasteiger partial charge in [-0.2, -0.15) is 0 Å². The molecule has 11 aromatic rings. The largest absolute Gasteiger partial charge is 0.631 e. The molecule has 0 aromatic heterocycles. The fourth-order valence-electron chi connectivity index (χ4n) is 12.2. The summed E-state index contributed by atoms with van der Waals surface area (Å²) in [5, 5.41) is 21.5. The lowest BCUT2D eigenvalue weighted by Crippen LogP contribution is -2.12. The fraction of sp³-hybridized carbons (Fsp3) is 0.185. The number of hydrogen-bond donors (Lipinski definition) is 3. The number of rotatable bonds is 7. The number of benzene rings is 11. The Hall–Kier alpha value is -12.0. The summed E-state index contributed by atoms with van der Waals surface area (Å²) in [6.45, 7) is 19.4. The molecular formula is C81H54BF40N3O3. The van der Waals surface area contributed by atoms with Gasteiger partial charge in [0.1, 0.15) is 0 Å². The molecule has 0 heterocycles. The standard InChI is InChI=1S/4C12F10.3C11H17N.BH3O3/c4*13-3-1(4(14)8(18)11(21)7(3)17)2-5(15)9(19)12(22)10(20)6(2)16;3*1-8-6-9(2)11(12(4)5)10(3)7-8;2-1(3)4/h;;;;3*6-7H,1-5H3;2-4H. The van der Waals surface area contributed by atoms with E-state index in [9.17, 15) is 176 Å². The summed E-state index contributed by atoms with van der Waals surface area (Å²) in [6.07, 6.45) is 0. The molecule has 0 saturated carbocycles. The Labute approximate surface area is 696 Å². The van der Waals surface area contributed by atoms with Gasteiger partial charge in [-0.1, -0.05) is 53.1 Å². The van der Waals surface area contributed by atoms with Gasteiger partial charge >= 0.3 is 7.32 Å². The second kappa shape index (κ2) is 43.2. The van der Waals surface area contributed by atoms with E-state index in [0.29, 0.717) is 0 Å². The molecule has 0 bridgehead atoms. The number of halogens is 40. The molecule has 0 fully saturated rings. The first-order chi connectivity index (χ1) is 58.7. The topological polar surface area (TPSA) is 70.4 Å². The molecule has 0 unspecified atom stereocenters. The van der Waals surface area contributed by atoms with Crippen molar-refractivity contribution >= 4 is 24.4 Å². The van der Waals surface area contributed by atoms with Gasteiger partial charge in [0, 0.05) is 59.3 Å². The van der Waals surface area contributed by atoms with Crippen LogP contribution < -0.4 is 14.7 Å². The zero-order valence-electron chi connectivity index (χ0n) is 66.8. The van der Waals surface area contributed by atoms with Crippen LogP contribution in [0.4, 0.5) is 193 Å². The van der Waals surface area contributed by atoms with Crippen molar-refractivity contribution in [1.29, 1.82) is 0 Å². The van der Waals surface area contributed by atoms with Crippen LogP contribution in [0.1, 0.15) is 50.1 Å². The van der Waals surface area contributed by atoms with Crippen LogP contribution in [0, 0.1) is 295 Å². The average molecular weight is 1890 g/mol. The fourth-order valence-corrected chi connectivity index (χ4v) is 12.2. The van der Waals surface area contributed by atoms with E-state index in [1.165, 1.54) is 67.1 Å². The smallest absolute Gasteiger partial charge is 0.402 e. The maximum atomic E-state index is 13.4. The van der Waals surface area contributed by atoms with Gasteiger partial charge < -0.3 is 29.8 Å². The number of nitrogens with zero attached hydrogens (tertiary/aromatic N) is 3. The van der Waals surface area contributed by atoms with Crippen molar-refractivity contribution in [3.63, 3.8) is 0 Å². The molecule has 0 saturated heterocycles. The molecule has 0 radical (unpaired) electrons. The minimum Gasteiger partial charge on any atom is -0.402 e. The van der Waals surface area contributed by atoms with Crippen molar-refractivity contribution in [3.05, 3.63) is 319 Å². The van der Waals surface area contributed by atoms with Crippen molar-refractivity contribution in [3.8, 4) is 44.5 Å². The van der Waals surface area contributed by atoms with Crippen LogP contribution in [0.5, 0.6) is 0 Å². The molecule has 0 atom stereocenters. The molecule has 11 rings (SSSR count). The van der Waals surface area contributed by atoms with E-state index in [1.54, 1.807) is 0 Å². The maximum absolute atomic E-state index is 13.4. The number of anilines is 3. The Morgan fingerprint density at radius 1 is 0.148 bits per heavy atom. The molecule has 0 amide bonds. The first-order valence-corrected chi connectivity index (χ1v) is 34.2. The van der Waals surface area contributed by atoms with Gasteiger partial charge in [0.25, 0.3) is 0 Å². The van der Waals surface area contributed by atoms with Crippen molar-refractivity contribution in [2.24, 2.45) is 0 Å². The lowest BCUT2D eigenvalue weighted by molar-refractivity contribution is 0.278. The van der Waals surface area contributed by atoms with Crippen LogP contribution >= 0.6 is 0 Å². The van der Waals surface area contributed by atoms with Crippen molar-refractivity contribution < 1.29 is 191 Å². The molecule has 694 valence electrons. The molecule has 6 nitrogen and oxygen atoms in total. The second-order valence-corrected chi connectivity index (χ2v) is 26.8. The predicted octanol–water partition coefficient (Wildman–Crippen LogP) is 25.0. The highest BCUT2D eigenvalue weighted by molar-refractivity contribution is 6.30. The Balaban J connectivity index is 0.000000315. The average Bonchev–Trinajstić information content (AvgIpc) is 0.762. The lowest BCUT2D eigenvalue weighted by atomic mass is 10.0. The minimum atomic E-state index is -2.68. The summed E-state index contributed by atoms with van der Waals surface area (Å²) in [6, 6.07) is 13.3. The molecule has 0 aliphatic heterocycles. The van der Waals surface area contributed by atoms with Crippen molar-refractivity contribution in [2.75, 3.05) is 57.0 Å². The summed E-state index contributed by atoms with van der Waals surface area (Å²) < 4.78 is 525. The number of hydrogen-bond acceptors (Lipinski definition) is 6. The SMILES string of the molecule is Cc1cc(C)c(N(C)C)c(C)c1.Cc1cc(C)c(N(C)C)c(C)c1.Cc1cc(C)c(N(C)C)c(C)c1.Fc1c(F)c(F)c(-c2c(F)c(F)c(F)c(F)c2F)c(F)c1F.Fc1c(F)c(F)c(-c2c(F)c(F)c(F)c(F)c2F)c(F)c1F.Fc1c(F)c(F)c(-c2c(F)c(F)c(F)c(F)c2F)c(F)c1F.Fc1c(F)c(F)c(-c2c(F)c(F)c(F)c(F)c2F)c(F)c1F.OB(O)O. The van der Waals surface area contributed by atoms with Gasteiger partial charge in [-0.3, -0.25) is 0 Å². The van der Waals surface area contributed by atoms with E-state index < -0.39 is 285 Å². The van der Waals surface area contributed by atoms with E-state index in [1.807, 2.05) is 0 Å². The highest BCUT2D eigenvalue weighted by atomic mass is 19.2. The van der Waals surface area contributed by atoms with Crippen LogP contribution in [0.25, 0.3) is 44.5 Å². The van der Waals surface area contributed by atoms with Crippen LogP contribution in [0.2, 0.25) is 0 Å². The van der Waals surface area contributed by atoms with Crippen LogP contribution in [-0.4, -0.2) is 64.7 Å². The van der Waals surface area contributed by atoms with E-state index >= 15 is 0 Å². The predicted molar refractivity (Wildman–Crippen MR) is 383 cm³/mol. The number of aryl methyl sites for hydroxylation is 9. The molecule has 0 aliphatic carbocycles. The summed E-state index contributed by atoms with van der Waals surface area (Å²) in [4.78, 5) is 6.51. The zero-order valence-corrected chi connectivity index (χ0v) is 66.8. The van der Waals surface area contributed by atoms with Crippen LogP contribution in [0.15, 0.2) is 36.4 Å². The van der Waals surface area contributed by atoms with E-state index in [0.717, 1.165) is 0 Å². The van der Waals surface area contributed by atoms with E-state index in [2.05, 4.69) is 156 Å². The van der Waals surface area contributed by atoms with E-state index in [-0.39, 0.29) is 0 Å². The summed E-state index contributed by atoms with van der Waals surface area (Å²) in [5.74, 6) is -107.